The number of nitrogens with one attached hydrogen (secondary N) is 2. The molecule has 2 aromatic carbocycles. The molecule has 1 heterocycles. The highest BCUT2D eigenvalue weighted by Gasteiger charge is 2.13. The average molecular weight is 412 g/mol. The van der Waals surface area contributed by atoms with Gasteiger partial charge < -0.3 is 14.8 Å². The Hall–Kier alpha value is -3.33. The molecule has 3 rings (SSSR count). The van der Waals surface area contributed by atoms with Gasteiger partial charge in [-0.15, -0.1) is 5.10 Å². The topological polar surface area (TPSA) is 106 Å². The maximum Gasteiger partial charge on any atom is 0.337 e. The molecule has 0 saturated heterocycles. The first kappa shape index (κ1) is 20.4. The van der Waals surface area contributed by atoms with Gasteiger partial charge >= 0.3 is 5.97 Å². The second-order valence-electron chi connectivity index (χ2n) is 5.81. The summed E-state index contributed by atoms with van der Waals surface area (Å²) in [5.41, 5.74) is 1.68. The molecule has 0 aliphatic heterocycles. The third-order valence-electron chi connectivity index (χ3n) is 3.81. The summed E-state index contributed by atoms with van der Waals surface area (Å²) in [5, 5.41) is 10.2. The molecule has 1 aromatic heterocycles. The van der Waals surface area contributed by atoms with Crippen molar-refractivity contribution < 1.29 is 19.1 Å². The number of amides is 1. The number of carbonyl (C=O) groups is 2. The molecule has 0 spiro atoms. The summed E-state index contributed by atoms with van der Waals surface area (Å²) in [4.78, 5) is 28.2. The minimum atomic E-state index is -0.462. The lowest BCUT2D eigenvalue weighted by Crippen LogP contribution is -2.14. The molecule has 9 heteroatoms. The molecule has 150 valence electrons. The highest BCUT2D eigenvalue weighted by molar-refractivity contribution is 7.99. The lowest BCUT2D eigenvalue weighted by atomic mass is 10.2. The lowest BCUT2D eigenvalue weighted by molar-refractivity contribution is -0.113. The first-order chi connectivity index (χ1) is 14.1. The van der Waals surface area contributed by atoms with Gasteiger partial charge in [-0.3, -0.25) is 9.89 Å². The Morgan fingerprint density at radius 1 is 1.17 bits per heavy atom. The van der Waals surface area contributed by atoms with E-state index in [2.05, 4.69) is 25.2 Å². The van der Waals surface area contributed by atoms with Crippen molar-refractivity contribution in [3.05, 3.63) is 54.1 Å². The maximum atomic E-state index is 12.2. The third kappa shape index (κ3) is 5.35. The SMILES string of the molecule is CCOc1ccccc1-c1nc(SCC(=O)Nc2cccc(C(=O)OC)c2)n[nH]1. The van der Waals surface area contributed by atoms with E-state index in [1.807, 2.05) is 31.2 Å². The van der Waals surface area contributed by atoms with Crippen molar-refractivity contribution in [1.82, 2.24) is 15.2 Å². The molecule has 0 radical (unpaired) electrons. The van der Waals surface area contributed by atoms with E-state index in [0.717, 1.165) is 5.56 Å². The van der Waals surface area contributed by atoms with Gasteiger partial charge in [0.05, 0.1) is 30.6 Å². The molecular formula is C20H20N4O4S. The summed E-state index contributed by atoms with van der Waals surface area (Å²) in [6.45, 7) is 2.46. The van der Waals surface area contributed by atoms with Crippen LogP contribution in [0.1, 0.15) is 17.3 Å². The van der Waals surface area contributed by atoms with E-state index in [1.54, 1.807) is 24.3 Å². The van der Waals surface area contributed by atoms with E-state index in [1.165, 1.54) is 18.9 Å². The Morgan fingerprint density at radius 2 is 2.00 bits per heavy atom. The first-order valence-corrected chi connectivity index (χ1v) is 9.85. The zero-order valence-electron chi connectivity index (χ0n) is 16.0. The Labute approximate surface area is 172 Å². The molecule has 0 aliphatic carbocycles. The van der Waals surface area contributed by atoms with Crippen molar-refractivity contribution in [2.24, 2.45) is 0 Å². The molecule has 0 aliphatic rings. The quantitative estimate of drug-likeness (QED) is 0.431. The smallest absolute Gasteiger partial charge is 0.337 e. The number of H-pyrrole nitrogens is 1. The van der Waals surface area contributed by atoms with E-state index in [4.69, 9.17) is 4.74 Å². The lowest BCUT2D eigenvalue weighted by Gasteiger charge is -2.07. The number of hydrogen-bond acceptors (Lipinski definition) is 7. The molecular weight excluding hydrogens is 392 g/mol. The summed E-state index contributed by atoms with van der Waals surface area (Å²) in [5.74, 6) is 0.704. The standard InChI is InChI=1S/C20H20N4O4S/c1-3-28-16-10-5-4-9-15(16)18-22-20(24-23-18)29-12-17(25)21-14-8-6-7-13(11-14)19(26)27-2/h4-11H,3,12H2,1-2H3,(H,21,25)(H,22,23,24). The van der Waals surface area contributed by atoms with Gasteiger partial charge in [0.1, 0.15) is 5.75 Å². The van der Waals surface area contributed by atoms with Gasteiger partial charge in [0.15, 0.2) is 5.82 Å². The molecule has 2 N–H and O–H groups in total. The molecule has 8 nitrogen and oxygen atoms in total. The van der Waals surface area contributed by atoms with Crippen LogP contribution in [0.25, 0.3) is 11.4 Å². The van der Waals surface area contributed by atoms with E-state index < -0.39 is 5.97 Å². The number of aromatic nitrogens is 3. The molecule has 3 aromatic rings. The number of methoxy groups -OCH3 is 1. The fourth-order valence-corrected chi connectivity index (χ4v) is 3.14. The molecule has 0 saturated carbocycles. The van der Waals surface area contributed by atoms with Crippen molar-refractivity contribution in [2.75, 3.05) is 24.8 Å². The Bertz CT molecular complexity index is 1010. The Morgan fingerprint density at radius 3 is 2.79 bits per heavy atom. The predicted molar refractivity (Wildman–Crippen MR) is 110 cm³/mol. The van der Waals surface area contributed by atoms with Crippen LogP contribution in [0.4, 0.5) is 5.69 Å². The van der Waals surface area contributed by atoms with Gasteiger partial charge in [-0.1, -0.05) is 30.0 Å². The number of para-hydroxylation sites is 1. The number of carbonyl (C=O) groups excluding carboxylic acids is 2. The average Bonchev–Trinajstić information content (AvgIpc) is 3.21. The van der Waals surface area contributed by atoms with Crippen molar-refractivity contribution in [3.8, 4) is 17.1 Å². The number of ether oxygens (including phenoxy) is 2. The van der Waals surface area contributed by atoms with E-state index in [0.29, 0.717) is 34.6 Å². The van der Waals surface area contributed by atoms with Crippen LogP contribution in [0, 0.1) is 0 Å². The zero-order valence-corrected chi connectivity index (χ0v) is 16.8. The summed E-state index contributed by atoms with van der Waals surface area (Å²) in [6.07, 6.45) is 0. The van der Waals surface area contributed by atoms with Crippen LogP contribution in [0.15, 0.2) is 53.7 Å². The highest BCUT2D eigenvalue weighted by Crippen LogP contribution is 2.28. The minimum Gasteiger partial charge on any atom is -0.493 e. The molecule has 0 fully saturated rings. The van der Waals surface area contributed by atoms with Crippen LogP contribution in [0.5, 0.6) is 5.75 Å². The molecule has 1 amide bonds. The zero-order chi connectivity index (χ0) is 20.6. The van der Waals surface area contributed by atoms with Crippen LogP contribution >= 0.6 is 11.8 Å². The largest absolute Gasteiger partial charge is 0.493 e. The molecule has 0 atom stereocenters. The second kappa shape index (κ2) is 9.74. The van der Waals surface area contributed by atoms with Crippen molar-refractivity contribution in [2.45, 2.75) is 12.1 Å². The summed E-state index contributed by atoms with van der Waals surface area (Å²) in [7, 11) is 1.31. The molecule has 0 unspecified atom stereocenters. The minimum absolute atomic E-state index is 0.118. The van der Waals surface area contributed by atoms with Crippen LogP contribution < -0.4 is 10.1 Å². The number of benzene rings is 2. The van der Waals surface area contributed by atoms with Crippen molar-refractivity contribution in [1.29, 1.82) is 0 Å². The van der Waals surface area contributed by atoms with Crippen LogP contribution in [0.3, 0.4) is 0 Å². The molecule has 0 bridgehead atoms. The third-order valence-corrected chi connectivity index (χ3v) is 4.65. The van der Waals surface area contributed by atoms with Gasteiger partial charge in [-0.25, -0.2) is 9.78 Å². The van der Waals surface area contributed by atoms with E-state index in [9.17, 15) is 9.59 Å². The van der Waals surface area contributed by atoms with Gasteiger partial charge in [0.2, 0.25) is 11.1 Å². The van der Waals surface area contributed by atoms with Gasteiger partial charge in [0, 0.05) is 5.69 Å². The van der Waals surface area contributed by atoms with E-state index in [-0.39, 0.29) is 11.7 Å². The van der Waals surface area contributed by atoms with Gasteiger partial charge in [0.25, 0.3) is 0 Å². The predicted octanol–water partition coefficient (Wildman–Crippen LogP) is 3.39. The number of nitrogens with zero attached hydrogens (tertiary/aromatic N) is 2. The maximum absolute atomic E-state index is 12.2. The van der Waals surface area contributed by atoms with Gasteiger partial charge in [-0.05, 0) is 37.3 Å². The summed E-state index contributed by atoms with van der Waals surface area (Å²) < 4.78 is 10.3. The monoisotopic (exact) mass is 412 g/mol. The highest BCUT2D eigenvalue weighted by atomic mass is 32.2. The Balaban J connectivity index is 1.60. The fraction of sp³-hybridized carbons (Fsp3) is 0.200. The number of rotatable bonds is 8. The number of aromatic amines is 1. The van der Waals surface area contributed by atoms with Crippen LogP contribution in [0.2, 0.25) is 0 Å². The number of hydrogen-bond donors (Lipinski definition) is 2. The number of anilines is 1. The summed E-state index contributed by atoms with van der Waals surface area (Å²) in [6, 6.07) is 14.1. The van der Waals surface area contributed by atoms with E-state index >= 15 is 0 Å². The normalized spacial score (nSPS) is 10.4. The molecule has 29 heavy (non-hydrogen) atoms. The van der Waals surface area contributed by atoms with Crippen molar-refractivity contribution in [3.63, 3.8) is 0 Å². The second-order valence-corrected chi connectivity index (χ2v) is 6.75. The first-order valence-electron chi connectivity index (χ1n) is 8.86. The number of thioether (sulfide) groups is 1. The van der Waals surface area contributed by atoms with Crippen LogP contribution in [-0.2, 0) is 9.53 Å². The number of esters is 1. The van der Waals surface area contributed by atoms with Gasteiger partial charge in [-0.2, -0.15) is 0 Å². The van der Waals surface area contributed by atoms with Crippen LogP contribution in [-0.4, -0.2) is 46.5 Å². The van der Waals surface area contributed by atoms with Crippen molar-refractivity contribution >= 4 is 29.3 Å². The Kier molecular flexibility index (Phi) is 6.85. The fourth-order valence-electron chi connectivity index (χ4n) is 2.54. The summed E-state index contributed by atoms with van der Waals surface area (Å²) >= 11 is 1.20.